The van der Waals surface area contributed by atoms with E-state index in [-0.39, 0.29) is 5.91 Å². The van der Waals surface area contributed by atoms with Crippen LogP contribution in [0, 0.1) is 5.41 Å². The number of nitrogens with two attached hydrogens (primary N) is 1. The summed E-state index contributed by atoms with van der Waals surface area (Å²) in [5, 5.41) is 11.0. The molecule has 0 aliphatic heterocycles. The smallest absolute Gasteiger partial charge is 0.251 e. The summed E-state index contributed by atoms with van der Waals surface area (Å²) in [7, 11) is 3.90. The summed E-state index contributed by atoms with van der Waals surface area (Å²) in [6.07, 6.45) is 2.50. The molecule has 7 heteroatoms. The molecule has 0 saturated carbocycles. The zero-order valence-corrected chi connectivity index (χ0v) is 16.8. The van der Waals surface area contributed by atoms with Gasteiger partial charge in [-0.2, -0.15) is 0 Å². The minimum Gasteiger partial charge on any atom is -0.492 e. The number of halogens is 1. The number of likely N-dealkylation sites (N-methyl/N-ethyl adjacent to an activating group) is 1. The lowest BCUT2D eigenvalue weighted by Crippen LogP contribution is -2.23. The van der Waals surface area contributed by atoms with Gasteiger partial charge in [-0.25, -0.2) is 0 Å². The van der Waals surface area contributed by atoms with E-state index in [1.165, 1.54) is 6.20 Å². The highest BCUT2D eigenvalue weighted by Crippen LogP contribution is 2.26. The van der Waals surface area contributed by atoms with Crippen molar-refractivity contribution in [1.29, 1.82) is 5.41 Å². The Morgan fingerprint density at radius 3 is 2.68 bits per heavy atom. The molecule has 0 atom stereocenters. The van der Waals surface area contributed by atoms with E-state index in [4.69, 9.17) is 27.5 Å². The number of allylic oxidation sites excluding steroid dienone is 1. The standard InChI is InChI=1S/C21H25ClN4O2/c1-26(2)9-10-28-20-11-15(7-8-18(20)17(12-23)13-24)21(27)25-14-16-5-3-4-6-19(16)22/h3-8,11-13,23H,9-10,14,24H2,1-2H3,(H,25,27)/b17-13+,23-12?. The Kier molecular flexibility index (Phi) is 8.04. The number of rotatable bonds is 9. The average Bonchev–Trinajstić information content (AvgIpc) is 2.68. The first-order chi connectivity index (χ1) is 13.5. The van der Waals surface area contributed by atoms with Crippen LogP contribution in [-0.4, -0.2) is 44.3 Å². The fraction of sp³-hybridized carbons (Fsp3) is 0.238. The molecule has 0 unspecified atom stereocenters. The van der Waals surface area contributed by atoms with E-state index in [0.717, 1.165) is 11.8 Å². The summed E-state index contributed by atoms with van der Waals surface area (Å²) in [5.41, 5.74) is 8.10. The highest BCUT2D eigenvalue weighted by Gasteiger charge is 2.13. The normalized spacial score (nSPS) is 11.4. The van der Waals surface area contributed by atoms with E-state index in [0.29, 0.717) is 47.2 Å². The number of carbonyl (C=O) groups is 1. The van der Waals surface area contributed by atoms with Gasteiger partial charge >= 0.3 is 0 Å². The van der Waals surface area contributed by atoms with Crippen molar-refractivity contribution in [3.8, 4) is 5.75 Å². The van der Waals surface area contributed by atoms with Crippen LogP contribution in [0.4, 0.5) is 0 Å². The Morgan fingerprint density at radius 1 is 1.29 bits per heavy atom. The topological polar surface area (TPSA) is 91.4 Å². The van der Waals surface area contributed by atoms with Gasteiger partial charge in [-0.05, 0) is 43.9 Å². The SMILES string of the molecule is CN(C)CCOc1cc(C(=O)NCc2ccccc2Cl)ccc1/C(C=N)=C/N. The minimum atomic E-state index is -0.239. The van der Waals surface area contributed by atoms with Crippen molar-refractivity contribution >= 4 is 29.3 Å². The second-order valence-corrected chi connectivity index (χ2v) is 6.81. The first-order valence-electron chi connectivity index (χ1n) is 8.82. The van der Waals surface area contributed by atoms with Crippen molar-refractivity contribution < 1.29 is 9.53 Å². The van der Waals surface area contributed by atoms with Crippen molar-refractivity contribution in [2.24, 2.45) is 5.73 Å². The number of ether oxygens (including phenoxy) is 1. The molecule has 0 fully saturated rings. The zero-order chi connectivity index (χ0) is 20.5. The van der Waals surface area contributed by atoms with E-state index in [1.807, 2.05) is 37.2 Å². The van der Waals surface area contributed by atoms with Crippen LogP contribution in [0.1, 0.15) is 21.5 Å². The quantitative estimate of drug-likeness (QED) is 0.564. The van der Waals surface area contributed by atoms with Gasteiger partial charge in [-0.3, -0.25) is 4.79 Å². The molecule has 28 heavy (non-hydrogen) atoms. The molecule has 2 aromatic carbocycles. The van der Waals surface area contributed by atoms with Crippen LogP contribution in [0.2, 0.25) is 5.02 Å². The molecule has 2 aromatic rings. The minimum absolute atomic E-state index is 0.239. The molecule has 0 aliphatic rings. The number of amides is 1. The van der Waals surface area contributed by atoms with Crippen LogP contribution >= 0.6 is 11.6 Å². The van der Waals surface area contributed by atoms with Crippen molar-refractivity contribution in [3.63, 3.8) is 0 Å². The summed E-state index contributed by atoms with van der Waals surface area (Å²) >= 11 is 6.13. The van der Waals surface area contributed by atoms with Gasteiger partial charge in [-0.1, -0.05) is 29.8 Å². The maximum absolute atomic E-state index is 12.6. The largest absolute Gasteiger partial charge is 0.492 e. The molecule has 6 nitrogen and oxygen atoms in total. The Morgan fingerprint density at radius 2 is 2.04 bits per heavy atom. The summed E-state index contributed by atoms with van der Waals surface area (Å²) in [6, 6.07) is 12.4. The third kappa shape index (κ3) is 5.84. The van der Waals surface area contributed by atoms with Crippen LogP contribution < -0.4 is 15.8 Å². The molecule has 0 aromatic heterocycles. The number of nitrogens with one attached hydrogen (secondary N) is 2. The van der Waals surface area contributed by atoms with Crippen molar-refractivity contribution in [1.82, 2.24) is 10.2 Å². The highest BCUT2D eigenvalue weighted by atomic mass is 35.5. The average molecular weight is 401 g/mol. The van der Waals surface area contributed by atoms with Gasteiger partial charge in [0, 0.05) is 47.2 Å². The zero-order valence-electron chi connectivity index (χ0n) is 16.0. The molecular formula is C21H25ClN4O2. The molecule has 4 N–H and O–H groups in total. The first kappa shape index (κ1) is 21.5. The molecular weight excluding hydrogens is 376 g/mol. The second-order valence-electron chi connectivity index (χ2n) is 6.40. The summed E-state index contributed by atoms with van der Waals surface area (Å²) in [6.45, 7) is 1.49. The number of hydrogen-bond donors (Lipinski definition) is 3. The number of benzene rings is 2. The molecule has 0 bridgehead atoms. The Balaban J connectivity index is 2.20. The third-order valence-electron chi connectivity index (χ3n) is 4.08. The van der Waals surface area contributed by atoms with Gasteiger partial charge in [0.05, 0.1) is 0 Å². The van der Waals surface area contributed by atoms with E-state index < -0.39 is 0 Å². The van der Waals surface area contributed by atoms with Crippen molar-refractivity contribution in [2.75, 3.05) is 27.2 Å². The summed E-state index contributed by atoms with van der Waals surface area (Å²) in [5.74, 6) is 0.268. The summed E-state index contributed by atoms with van der Waals surface area (Å²) < 4.78 is 5.86. The summed E-state index contributed by atoms with van der Waals surface area (Å²) in [4.78, 5) is 14.6. The van der Waals surface area contributed by atoms with Gasteiger partial charge < -0.3 is 26.1 Å². The molecule has 0 aliphatic carbocycles. The second kappa shape index (κ2) is 10.5. The number of nitrogens with zero attached hydrogens (tertiary/aromatic N) is 1. The van der Waals surface area contributed by atoms with Gasteiger partial charge in [0.25, 0.3) is 5.91 Å². The molecule has 2 rings (SSSR count). The molecule has 148 valence electrons. The molecule has 0 spiro atoms. The fourth-order valence-electron chi connectivity index (χ4n) is 2.49. The van der Waals surface area contributed by atoms with E-state index >= 15 is 0 Å². The Labute approximate surface area is 170 Å². The predicted octanol–water partition coefficient (Wildman–Crippen LogP) is 3.16. The van der Waals surface area contributed by atoms with E-state index in [1.54, 1.807) is 24.3 Å². The molecule has 1 amide bonds. The van der Waals surface area contributed by atoms with Crippen LogP contribution in [0.25, 0.3) is 5.57 Å². The lowest BCUT2D eigenvalue weighted by atomic mass is 10.0. The van der Waals surface area contributed by atoms with Gasteiger partial charge in [0.15, 0.2) is 0 Å². The van der Waals surface area contributed by atoms with Gasteiger partial charge in [-0.15, -0.1) is 0 Å². The van der Waals surface area contributed by atoms with E-state index in [9.17, 15) is 4.79 Å². The third-order valence-corrected chi connectivity index (χ3v) is 4.45. The molecule has 0 saturated heterocycles. The maximum atomic E-state index is 12.6. The molecule has 0 radical (unpaired) electrons. The Bertz CT molecular complexity index is 865. The van der Waals surface area contributed by atoms with Crippen LogP contribution in [0.3, 0.4) is 0 Å². The van der Waals surface area contributed by atoms with Crippen LogP contribution in [0.15, 0.2) is 48.7 Å². The first-order valence-corrected chi connectivity index (χ1v) is 9.20. The van der Waals surface area contributed by atoms with Gasteiger partial charge in [0.1, 0.15) is 12.4 Å². The lowest BCUT2D eigenvalue weighted by molar-refractivity contribution is 0.0950. The van der Waals surface area contributed by atoms with Gasteiger partial charge in [0.2, 0.25) is 0 Å². The maximum Gasteiger partial charge on any atom is 0.251 e. The van der Waals surface area contributed by atoms with Crippen molar-refractivity contribution in [3.05, 3.63) is 70.4 Å². The number of hydrogen-bond acceptors (Lipinski definition) is 5. The van der Waals surface area contributed by atoms with Crippen LogP contribution in [-0.2, 0) is 6.54 Å². The lowest BCUT2D eigenvalue weighted by Gasteiger charge is -2.16. The Hall–Kier alpha value is -2.83. The predicted molar refractivity (Wildman–Crippen MR) is 114 cm³/mol. The monoisotopic (exact) mass is 400 g/mol. The van der Waals surface area contributed by atoms with Crippen LogP contribution in [0.5, 0.6) is 5.75 Å². The molecule has 0 heterocycles. The number of carbonyl (C=O) groups excluding carboxylic acids is 1. The van der Waals surface area contributed by atoms with E-state index in [2.05, 4.69) is 5.32 Å². The fourth-order valence-corrected chi connectivity index (χ4v) is 2.70. The van der Waals surface area contributed by atoms with Crippen molar-refractivity contribution in [2.45, 2.75) is 6.54 Å². The highest BCUT2D eigenvalue weighted by molar-refractivity contribution is 6.31.